The fourth-order valence-corrected chi connectivity index (χ4v) is 3.53. The van der Waals surface area contributed by atoms with Gasteiger partial charge in [0.15, 0.2) is 0 Å². The van der Waals surface area contributed by atoms with E-state index in [0.29, 0.717) is 41.0 Å². The Hall–Kier alpha value is -2.02. The van der Waals surface area contributed by atoms with Crippen molar-refractivity contribution >= 4 is 40.7 Å². The molecule has 1 saturated heterocycles. The predicted octanol–water partition coefficient (Wildman–Crippen LogP) is 3.31. The van der Waals surface area contributed by atoms with E-state index in [1.54, 1.807) is 36.6 Å². The van der Waals surface area contributed by atoms with Gasteiger partial charge in [0, 0.05) is 15.7 Å². The van der Waals surface area contributed by atoms with Gasteiger partial charge >= 0.3 is 0 Å². The monoisotopic (exact) mass is 395 g/mol. The smallest absolute Gasteiger partial charge is 0.241 e. The molecule has 1 fully saturated rings. The van der Waals surface area contributed by atoms with Crippen LogP contribution in [-0.4, -0.2) is 35.8 Å². The molecule has 6 nitrogen and oxygen atoms in total. The molecule has 2 heterocycles. The summed E-state index contributed by atoms with van der Waals surface area (Å²) in [4.78, 5) is 26.6. The van der Waals surface area contributed by atoms with E-state index < -0.39 is 0 Å². The van der Waals surface area contributed by atoms with Gasteiger partial charge in [-0.1, -0.05) is 23.2 Å². The third-order valence-corrected chi connectivity index (χ3v) is 4.62. The summed E-state index contributed by atoms with van der Waals surface area (Å²) in [5.41, 5.74) is 0.543. The van der Waals surface area contributed by atoms with Gasteiger partial charge in [0.2, 0.25) is 11.8 Å². The average Bonchev–Trinajstić information content (AvgIpc) is 3.23. The topological polar surface area (TPSA) is 74.6 Å². The van der Waals surface area contributed by atoms with Gasteiger partial charge in [-0.05, 0) is 49.7 Å². The molecule has 2 N–H and O–H groups in total. The molecule has 2 amide bonds. The second kappa shape index (κ2) is 8.58. The lowest BCUT2D eigenvalue weighted by Gasteiger charge is -2.23. The van der Waals surface area contributed by atoms with Crippen LogP contribution < -0.4 is 10.6 Å². The number of carbonyl (C=O) groups excluding carboxylic acids is 2. The van der Waals surface area contributed by atoms with Gasteiger partial charge in [-0.15, -0.1) is 0 Å². The fourth-order valence-electron chi connectivity index (χ4n) is 3.00. The van der Waals surface area contributed by atoms with Crippen LogP contribution in [0.2, 0.25) is 10.0 Å². The zero-order valence-corrected chi connectivity index (χ0v) is 15.5. The van der Waals surface area contributed by atoms with E-state index in [1.165, 1.54) is 0 Å². The van der Waals surface area contributed by atoms with E-state index in [1.807, 2.05) is 4.90 Å². The molecule has 0 bridgehead atoms. The number of nitrogens with one attached hydrogen (secondary N) is 2. The Labute approximate surface area is 161 Å². The number of anilines is 1. The Bertz CT molecular complexity index is 760. The maximum Gasteiger partial charge on any atom is 0.241 e. The fraction of sp³-hybridized carbons (Fsp3) is 0.333. The first-order valence-electron chi connectivity index (χ1n) is 8.31. The quantitative estimate of drug-likeness (QED) is 0.786. The van der Waals surface area contributed by atoms with Gasteiger partial charge in [0.05, 0.1) is 25.4 Å². The summed E-state index contributed by atoms with van der Waals surface area (Å²) in [6.45, 7) is 1.19. The van der Waals surface area contributed by atoms with Crippen LogP contribution >= 0.6 is 23.2 Å². The number of nitrogens with zero attached hydrogens (tertiary/aromatic N) is 1. The highest BCUT2D eigenvalue weighted by atomic mass is 35.5. The molecule has 1 aromatic heterocycles. The van der Waals surface area contributed by atoms with Crippen LogP contribution in [0.5, 0.6) is 0 Å². The second-order valence-electron chi connectivity index (χ2n) is 6.13. The third-order valence-electron chi connectivity index (χ3n) is 4.18. The van der Waals surface area contributed by atoms with Gasteiger partial charge < -0.3 is 15.1 Å². The van der Waals surface area contributed by atoms with Crippen molar-refractivity contribution in [3.8, 4) is 0 Å². The summed E-state index contributed by atoms with van der Waals surface area (Å²) in [6, 6.07) is 8.08. The van der Waals surface area contributed by atoms with E-state index in [4.69, 9.17) is 27.6 Å². The Morgan fingerprint density at radius 2 is 2.00 bits per heavy atom. The standard InChI is InChI=1S/C18H19Cl2N3O3/c19-12-7-13(20)9-14(8-12)22-18(25)16-4-1-5-23(16)11-17(24)21-10-15-3-2-6-26-15/h2-3,6-9,16H,1,4-5,10-11H2,(H,21,24)(H,22,25). The van der Waals surface area contributed by atoms with Crippen molar-refractivity contribution in [3.63, 3.8) is 0 Å². The average molecular weight is 396 g/mol. The first-order valence-corrected chi connectivity index (χ1v) is 9.07. The molecule has 26 heavy (non-hydrogen) atoms. The van der Waals surface area contributed by atoms with Crippen LogP contribution in [0.3, 0.4) is 0 Å². The van der Waals surface area contributed by atoms with Crippen molar-refractivity contribution in [2.24, 2.45) is 0 Å². The molecule has 2 aromatic rings. The third kappa shape index (κ3) is 5.00. The van der Waals surface area contributed by atoms with Crippen LogP contribution in [0.15, 0.2) is 41.0 Å². The summed E-state index contributed by atoms with van der Waals surface area (Å²) in [5.74, 6) is 0.374. The molecule has 1 aromatic carbocycles. The normalized spacial score (nSPS) is 17.2. The maximum atomic E-state index is 12.6. The molecule has 0 radical (unpaired) electrons. The zero-order valence-electron chi connectivity index (χ0n) is 14.0. The lowest BCUT2D eigenvalue weighted by molar-refractivity contribution is -0.125. The van der Waals surface area contributed by atoms with Crippen LogP contribution in [0.4, 0.5) is 5.69 Å². The first-order chi connectivity index (χ1) is 12.5. The molecule has 1 atom stereocenters. The molecular weight excluding hydrogens is 377 g/mol. The molecular formula is C18H19Cl2N3O3. The largest absolute Gasteiger partial charge is 0.467 e. The van der Waals surface area contributed by atoms with Crippen molar-refractivity contribution in [2.75, 3.05) is 18.4 Å². The van der Waals surface area contributed by atoms with E-state index in [0.717, 1.165) is 6.42 Å². The minimum absolute atomic E-state index is 0.146. The molecule has 3 rings (SSSR count). The van der Waals surface area contributed by atoms with E-state index in [9.17, 15) is 9.59 Å². The molecule has 1 aliphatic rings. The van der Waals surface area contributed by atoms with Crippen molar-refractivity contribution in [3.05, 3.63) is 52.4 Å². The minimum Gasteiger partial charge on any atom is -0.467 e. The Morgan fingerprint density at radius 3 is 2.69 bits per heavy atom. The molecule has 1 unspecified atom stereocenters. The maximum absolute atomic E-state index is 12.6. The van der Waals surface area contributed by atoms with Gasteiger partial charge in [0.25, 0.3) is 0 Å². The first kappa shape index (κ1) is 18.8. The van der Waals surface area contributed by atoms with E-state index >= 15 is 0 Å². The number of furan rings is 1. The van der Waals surface area contributed by atoms with Crippen molar-refractivity contribution in [2.45, 2.75) is 25.4 Å². The summed E-state index contributed by atoms with van der Waals surface area (Å²) < 4.78 is 5.18. The highest BCUT2D eigenvalue weighted by Crippen LogP contribution is 2.24. The Balaban J connectivity index is 1.55. The molecule has 0 spiro atoms. The van der Waals surface area contributed by atoms with Gasteiger partial charge in [-0.25, -0.2) is 0 Å². The van der Waals surface area contributed by atoms with E-state index in [-0.39, 0.29) is 24.4 Å². The number of hydrogen-bond donors (Lipinski definition) is 2. The second-order valence-corrected chi connectivity index (χ2v) is 7.00. The summed E-state index contributed by atoms with van der Waals surface area (Å²) >= 11 is 11.9. The minimum atomic E-state index is -0.359. The van der Waals surface area contributed by atoms with Crippen LogP contribution in [0.1, 0.15) is 18.6 Å². The van der Waals surface area contributed by atoms with Crippen molar-refractivity contribution < 1.29 is 14.0 Å². The lowest BCUT2D eigenvalue weighted by atomic mass is 10.2. The molecule has 0 aliphatic carbocycles. The number of carbonyl (C=O) groups is 2. The molecule has 8 heteroatoms. The van der Waals surface area contributed by atoms with Crippen LogP contribution in [0.25, 0.3) is 0 Å². The van der Waals surface area contributed by atoms with Gasteiger partial charge in [0.1, 0.15) is 5.76 Å². The molecule has 1 aliphatic heterocycles. The Kier molecular flexibility index (Phi) is 6.19. The predicted molar refractivity (Wildman–Crippen MR) is 100 cm³/mol. The van der Waals surface area contributed by atoms with Crippen molar-refractivity contribution in [1.82, 2.24) is 10.2 Å². The molecule has 0 saturated carbocycles. The van der Waals surface area contributed by atoms with Gasteiger partial charge in [-0.3, -0.25) is 14.5 Å². The zero-order chi connectivity index (χ0) is 18.5. The van der Waals surface area contributed by atoms with Crippen molar-refractivity contribution in [1.29, 1.82) is 0 Å². The lowest BCUT2D eigenvalue weighted by Crippen LogP contribution is -2.44. The number of likely N-dealkylation sites (tertiary alicyclic amines) is 1. The highest BCUT2D eigenvalue weighted by Gasteiger charge is 2.32. The Morgan fingerprint density at radius 1 is 1.23 bits per heavy atom. The van der Waals surface area contributed by atoms with Gasteiger partial charge in [-0.2, -0.15) is 0 Å². The summed E-state index contributed by atoms with van der Waals surface area (Å²) in [7, 11) is 0. The van der Waals surface area contributed by atoms with Crippen LogP contribution in [0, 0.1) is 0 Å². The highest BCUT2D eigenvalue weighted by molar-refractivity contribution is 6.35. The number of rotatable bonds is 6. The van der Waals surface area contributed by atoms with E-state index in [2.05, 4.69) is 10.6 Å². The summed E-state index contributed by atoms with van der Waals surface area (Å²) in [6.07, 6.45) is 3.12. The number of amides is 2. The number of halogens is 2. The van der Waals surface area contributed by atoms with Crippen LogP contribution in [-0.2, 0) is 16.1 Å². The number of hydrogen-bond acceptors (Lipinski definition) is 4. The number of benzene rings is 1. The summed E-state index contributed by atoms with van der Waals surface area (Å²) in [5, 5.41) is 6.53. The molecule has 138 valence electrons. The SMILES string of the molecule is O=C(CN1CCCC1C(=O)Nc1cc(Cl)cc(Cl)c1)NCc1ccco1.